The van der Waals surface area contributed by atoms with Crippen molar-refractivity contribution >= 4 is 0 Å². The first kappa shape index (κ1) is 15.5. The van der Waals surface area contributed by atoms with Gasteiger partial charge < -0.3 is 15.3 Å². The summed E-state index contributed by atoms with van der Waals surface area (Å²) in [5.41, 5.74) is 0. The molecule has 0 amide bonds. The third-order valence-electron chi connectivity index (χ3n) is 1.79. The molecule has 0 saturated carbocycles. The van der Waals surface area contributed by atoms with Crippen molar-refractivity contribution in [1.29, 1.82) is 0 Å². The van der Waals surface area contributed by atoms with Crippen LogP contribution in [0.4, 0.5) is 0 Å². The Bertz CT molecular complexity index is 360. The van der Waals surface area contributed by atoms with Gasteiger partial charge in [0.2, 0.25) is 0 Å². The normalized spacial score (nSPS) is 13.9. The molecule has 0 heterocycles. The highest BCUT2D eigenvalue weighted by molar-refractivity contribution is 5.32. The van der Waals surface area contributed by atoms with E-state index in [0.717, 1.165) is 0 Å². The molecule has 0 spiro atoms. The number of hydrogen-bond acceptors (Lipinski definition) is 3. The highest BCUT2D eigenvalue weighted by Crippen LogP contribution is 1.97. The van der Waals surface area contributed by atoms with Gasteiger partial charge in [-0.3, -0.25) is 0 Å². The minimum Gasteiger partial charge on any atom is -0.396 e. The zero-order valence-electron chi connectivity index (χ0n) is 9.93. The summed E-state index contributed by atoms with van der Waals surface area (Å²) < 4.78 is 0. The van der Waals surface area contributed by atoms with Gasteiger partial charge in [-0.1, -0.05) is 30.1 Å². The molecule has 0 fully saturated rings. The molecule has 0 radical (unpaired) electrons. The van der Waals surface area contributed by atoms with Crippen molar-refractivity contribution in [2.45, 2.75) is 32.0 Å². The van der Waals surface area contributed by atoms with Crippen LogP contribution in [0.15, 0.2) is 24.3 Å². The third-order valence-corrected chi connectivity index (χ3v) is 1.79. The van der Waals surface area contributed by atoms with Gasteiger partial charge in [0.25, 0.3) is 0 Å². The minimum atomic E-state index is -1.14. The highest BCUT2D eigenvalue weighted by Gasteiger charge is 2.08. The second kappa shape index (κ2) is 11.0. The Morgan fingerprint density at radius 2 is 2.00 bits per heavy atom. The summed E-state index contributed by atoms with van der Waals surface area (Å²) in [5, 5.41) is 27.4. The Morgan fingerprint density at radius 1 is 1.24 bits per heavy atom. The van der Waals surface area contributed by atoms with Crippen LogP contribution in [0.2, 0.25) is 0 Å². The van der Waals surface area contributed by atoms with E-state index in [1.165, 1.54) is 6.08 Å². The van der Waals surface area contributed by atoms with Gasteiger partial charge in [0.1, 0.15) is 12.2 Å². The maximum atomic E-state index is 9.46. The van der Waals surface area contributed by atoms with Crippen molar-refractivity contribution in [3.05, 3.63) is 24.3 Å². The van der Waals surface area contributed by atoms with Crippen LogP contribution in [0, 0.1) is 23.7 Å². The van der Waals surface area contributed by atoms with Crippen molar-refractivity contribution in [1.82, 2.24) is 0 Å². The molecule has 0 bridgehead atoms. The number of aliphatic hydroxyl groups is 3. The van der Waals surface area contributed by atoms with Crippen molar-refractivity contribution < 1.29 is 15.3 Å². The Morgan fingerprint density at radius 3 is 2.65 bits per heavy atom. The fraction of sp³-hybridized carbons (Fsp3) is 0.429. The lowest BCUT2D eigenvalue weighted by atomic mass is 10.1. The number of allylic oxidation sites excluding steroid dienone is 3. The number of unbranched alkanes of at least 4 members (excludes halogenated alkanes) is 1. The summed E-state index contributed by atoms with van der Waals surface area (Å²) in [6, 6.07) is 0. The van der Waals surface area contributed by atoms with Crippen molar-refractivity contribution in [3.63, 3.8) is 0 Å². The second-order valence-electron chi connectivity index (χ2n) is 3.27. The largest absolute Gasteiger partial charge is 0.396 e. The molecular formula is C14H18O3. The van der Waals surface area contributed by atoms with E-state index in [-0.39, 0.29) is 6.61 Å². The molecule has 0 rings (SSSR count). The molecule has 0 aliphatic heterocycles. The SMILES string of the molecule is C/C=C/C#CC#CC(O)C(O)/C=C/CCCO. The van der Waals surface area contributed by atoms with Crippen molar-refractivity contribution in [2.75, 3.05) is 6.61 Å². The number of aliphatic hydroxyl groups excluding tert-OH is 3. The van der Waals surface area contributed by atoms with Gasteiger partial charge in [-0.25, -0.2) is 0 Å². The molecule has 0 aliphatic carbocycles. The summed E-state index contributed by atoms with van der Waals surface area (Å²) in [6.07, 6.45) is 5.74. The Kier molecular flexibility index (Phi) is 10.00. The molecule has 92 valence electrons. The standard InChI is InChI=1S/C14H18O3/c1-2-3-4-5-7-10-13(16)14(17)11-8-6-9-12-15/h2-3,8,11,13-17H,6,9,12H2,1H3/b3-2+,11-8+. The molecule has 0 aromatic carbocycles. The van der Waals surface area contributed by atoms with Crippen LogP contribution in [0.25, 0.3) is 0 Å². The molecule has 3 N–H and O–H groups in total. The first-order chi connectivity index (χ1) is 8.22. The van der Waals surface area contributed by atoms with Gasteiger partial charge in [-0.05, 0) is 37.7 Å². The fourth-order valence-corrected chi connectivity index (χ4v) is 0.907. The summed E-state index contributed by atoms with van der Waals surface area (Å²) in [4.78, 5) is 0. The van der Waals surface area contributed by atoms with E-state index in [4.69, 9.17) is 5.11 Å². The first-order valence-corrected chi connectivity index (χ1v) is 5.48. The van der Waals surface area contributed by atoms with Crippen LogP contribution in [0.3, 0.4) is 0 Å². The van der Waals surface area contributed by atoms with Crippen molar-refractivity contribution in [3.8, 4) is 23.7 Å². The molecule has 0 aliphatic rings. The van der Waals surface area contributed by atoms with Gasteiger partial charge >= 0.3 is 0 Å². The van der Waals surface area contributed by atoms with Crippen LogP contribution in [-0.4, -0.2) is 34.1 Å². The Labute approximate surface area is 102 Å². The van der Waals surface area contributed by atoms with Gasteiger partial charge in [0, 0.05) is 6.61 Å². The summed E-state index contributed by atoms with van der Waals surface area (Å²) in [7, 11) is 0. The second-order valence-corrected chi connectivity index (χ2v) is 3.27. The lowest BCUT2D eigenvalue weighted by Gasteiger charge is -2.06. The van der Waals surface area contributed by atoms with E-state index in [1.54, 1.807) is 18.2 Å². The highest BCUT2D eigenvalue weighted by atomic mass is 16.3. The van der Waals surface area contributed by atoms with Crippen LogP contribution >= 0.6 is 0 Å². The molecule has 0 saturated heterocycles. The average Bonchev–Trinajstić information content (AvgIpc) is 2.34. The summed E-state index contributed by atoms with van der Waals surface area (Å²) in [6.45, 7) is 1.96. The third kappa shape index (κ3) is 9.41. The Balaban J connectivity index is 4.09. The van der Waals surface area contributed by atoms with Crippen LogP contribution in [0.5, 0.6) is 0 Å². The predicted molar refractivity (Wildman–Crippen MR) is 67.8 cm³/mol. The van der Waals surface area contributed by atoms with Gasteiger partial charge in [0.05, 0.1) is 0 Å². The van der Waals surface area contributed by atoms with E-state index in [2.05, 4.69) is 23.7 Å². The zero-order chi connectivity index (χ0) is 12.9. The molecule has 3 heteroatoms. The van der Waals surface area contributed by atoms with E-state index in [1.807, 2.05) is 6.92 Å². The van der Waals surface area contributed by atoms with Gasteiger partial charge in [0.15, 0.2) is 0 Å². The maximum absolute atomic E-state index is 9.46. The molecule has 17 heavy (non-hydrogen) atoms. The smallest absolute Gasteiger partial charge is 0.145 e. The van der Waals surface area contributed by atoms with Gasteiger partial charge in [-0.2, -0.15) is 0 Å². The Hall–Kier alpha value is -1.52. The molecule has 0 aromatic rings. The quantitative estimate of drug-likeness (QED) is 0.371. The minimum absolute atomic E-state index is 0.114. The molecule has 0 aromatic heterocycles. The molecular weight excluding hydrogens is 216 g/mol. The van der Waals surface area contributed by atoms with Crippen LogP contribution < -0.4 is 0 Å². The topological polar surface area (TPSA) is 60.7 Å². The molecule has 2 atom stereocenters. The number of rotatable bonds is 5. The number of hydrogen-bond donors (Lipinski definition) is 3. The van der Waals surface area contributed by atoms with Crippen LogP contribution in [0.1, 0.15) is 19.8 Å². The lowest BCUT2D eigenvalue weighted by Crippen LogP contribution is -2.21. The van der Waals surface area contributed by atoms with E-state index < -0.39 is 12.2 Å². The summed E-state index contributed by atoms with van der Waals surface area (Å²) >= 11 is 0. The predicted octanol–water partition coefficient (Wildman–Crippen LogP) is 0.620. The first-order valence-electron chi connectivity index (χ1n) is 5.48. The van der Waals surface area contributed by atoms with Crippen molar-refractivity contribution in [2.24, 2.45) is 0 Å². The molecule has 2 unspecified atom stereocenters. The van der Waals surface area contributed by atoms with E-state index in [0.29, 0.717) is 12.8 Å². The maximum Gasteiger partial charge on any atom is 0.145 e. The monoisotopic (exact) mass is 234 g/mol. The zero-order valence-corrected chi connectivity index (χ0v) is 9.93. The van der Waals surface area contributed by atoms with Crippen LogP contribution in [-0.2, 0) is 0 Å². The van der Waals surface area contributed by atoms with Gasteiger partial charge in [-0.15, -0.1) is 0 Å². The lowest BCUT2D eigenvalue weighted by molar-refractivity contribution is 0.0868. The van der Waals surface area contributed by atoms with E-state index in [9.17, 15) is 10.2 Å². The average molecular weight is 234 g/mol. The fourth-order valence-electron chi connectivity index (χ4n) is 0.907. The summed E-state index contributed by atoms with van der Waals surface area (Å²) in [5.74, 6) is 10.1. The van der Waals surface area contributed by atoms with E-state index >= 15 is 0 Å². The molecule has 3 nitrogen and oxygen atoms in total.